The van der Waals surface area contributed by atoms with Gasteiger partial charge in [0.1, 0.15) is 12.4 Å². The van der Waals surface area contributed by atoms with Gasteiger partial charge in [0.25, 0.3) is 0 Å². The van der Waals surface area contributed by atoms with Crippen molar-refractivity contribution in [3.05, 3.63) is 29.8 Å². The zero-order valence-corrected chi connectivity index (χ0v) is 12.8. The van der Waals surface area contributed by atoms with Gasteiger partial charge in [0.05, 0.1) is 12.1 Å². The SMILES string of the molecule is CC[C@H](C)[C@H](N)C(=O)NC(C)COc1ccc(C)cc1. The number of carbonyl (C=O) groups excluding carboxylic acids is 1. The number of carbonyl (C=O) groups is 1. The largest absolute Gasteiger partial charge is 0.491 e. The number of nitrogens with two attached hydrogens (primary N) is 1. The highest BCUT2D eigenvalue weighted by atomic mass is 16.5. The van der Waals surface area contributed by atoms with Gasteiger partial charge in [-0.3, -0.25) is 4.79 Å². The summed E-state index contributed by atoms with van der Waals surface area (Å²) < 4.78 is 5.63. The number of benzene rings is 1. The first-order valence-corrected chi connectivity index (χ1v) is 7.19. The van der Waals surface area contributed by atoms with Gasteiger partial charge in [0.15, 0.2) is 0 Å². The number of hydrogen-bond donors (Lipinski definition) is 2. The molecule has 3 N–H and O–H groups in total. The molecule has 1 unspecified atom stereocenters. The van der Waals surface area contributed by atoms with E-state index in [4.69, 9.17) is 10.5 Å². The van der Waals surface area contributed by atoms with Gasteiger partial charge in [-0.1, -0.05) is 38.0 Å². The fraction of sp³-hybridized carbons (Fsp3) is 0.562. The molecule has 0 heterocycles. The summed E-state index contributed by atoms with van der Waals surface area (Å²) in [5.41, 5.74) is 7.08. The molecule has 3 atom stereocenters. The van der Waals surface area contributed by atoms with Crippen LogP contribution in [-0.4, -0.2) is 24.6 Å². The van der Waals surface area contributed by atoms with Crippen LogP contribution in [0.2, 0.25) is 0 Å². The van der Waals surface area contributed by atoms with Gasteiger partial charge in [-0.25, -0.2) is 0 Å². The van der Waals surface area contributed by atoms with Crippen LogP contribution in [0, 0.1) is 12.8 Å². The highest BCUT2D eigenvalue weighted by molar-refractivity contribution is 5.82. The molecule has 0 fully saturated rings. The Bertz CT molecular complexity index is 417. The minimum Gasteiger partial charge on any atom is -0.491 e. The minimum atomic E-state index is -0.457. The maximum Gasteiger partial charge on any atom is 0.237 e. The van der Waals surface area contributed by atoms with E-state index in [0.717, 1.165) is 12.2 Å². The molecule has 1 aromatic carbocycles. The molecule has 20 heavy (non-hydrogen) atoms. The molecular weight excluding hydrogens is 252 g/mol. The zero-order valence-electron chi connectivity index (χ0n) is 12.8. The van der Waals surface area contributed by atoms with Crippen LogP contribution >= 0.6 is 0 Å². The van der Waals surface area contributed by atoms with Crippen molar-refractivity contribution in [3.8, 4) is 5.75 Å². The fourth-order valence-corrected chi connectivity index (χ4v) is 1.75. The van der Waals surface area contributed by atoms with Gasteiger partial charge in [-0.05, 0) is 31.9 Å². The lowest BCUT2D eigenvalue weighted by Crippen LogP contribution is -2.48. The quantitative estimate of drug-likeness (QED) is 0.804. The predicted molar refractivity (Wildman–Crippen MR) is 81.7 cm³/mol. The van der Waals surface area contributed by atoms with Crippen LogP contribution in [0.4, 0.5) is 0 Å². The third-order valence-electron chi connectivity index (χ3n) is 3.47. The number of amides is 1. The van der Waals surface area contributed by atoms with Gasteiger partial charge < -0.3 is 15.8 Å². The summed E-state index contributed by atoms with van der Waals surface area (Å²) in [6, 6.07) is 7.32. The molecule has 0 aliphatic carbocycles. The van der Waals surface area contributed by atoms with E-state index in [1.165, 1.54) is 5.56 Å². The molecule has 0 saturated carbocycles. The van der Waals surface area contributed by atoms with E-state index in [-0.39, 0.29) is 17.9 Å². The van der Waals surface area contributed by atoms with Crippen LogP contribution in [-0.2, 0) is 4.79 Å². The van der Waals surface area contributed by atoms with Gasteiger partial charge in [-0.2, -0.15) is 0 Å². The number of nitrogens with one attached hydrogen (secondary N) is 1. The first-order chi connectivity index (χ1) is 9.43. The van der Waals surface area contributed by atoms with Crippen molar-refractivity contribution in [1.29, 1.82) is 0 Å². The molecule has 0 aliphatic heterocycles. The van der Waals surface area contributed by atoms with Crippen molar-refractivity contribution in [2.45, 2.75) is 46.2 Å². The van der Waals surface area contributed by atoms with Crippen LogP contribution in [0.25, 0.3) is 0 Å². The van der Waals surface area contributed by atoms with E-state index in [1.54, 1.807) is 0 Å². The Labute approximate surface area is 121 Å². The molecule has 0 bridgehead atoms. The highest BCUT2D eigenvalue weighted by Gasteiger charge is 2.20. The van der Waals surface area contributed by atoms with E-state index in [1.807, 2.05) is 52.0 Å². The minimum absolute atomic E-state index is 0.0705. The Morgan fingerprint density at radius 3 is 2.45 bits per heavy atom. The van der Waals surface area contributed by atoms with Crippen LogP contribution in [0.5, 0.6) is 5.75 Å². The summed E-state index contributed by atoms with van der Waals surface area (Å²) in [7, 11) is 0. The molecule has 1 aromatic rings. The van der Waals surface area contributed by atoms with Crippen molar-refractivity contribution in [1.82, 2.24) is 5.32 Å². The Balaban J connectivity index is 2.38. The van der Waals surface area contributed by atoms with E-state index in [0.29, 0.717) is 6.61 Å². The third-order valence-corrected chi connectivity index (χ3v) is 3.47. The molecule has 4 heteroatoms. The highest BCUT2D eigenvalue weighted by Crippen LogP contribution is 2.11. The Kier molecular flexibility index (Phi) is 6.52. The van der Waals surface area contributed by atoms with E-state index in [2.05, 4.69) is 5.32 Å². The van der Waals surface area contributed by atoms with E-state index < -0.39 is 6.04 Å². The topological polar surface area (TPSA) is 64.4 Å². The molecule has 0 aliphatic rings. The lowest BCUT2D eigenvalue weighted by atomic mass is 9.99. The van der Waals surface area contributed by atoms with Crippen molar-refractivity contribution < 1.29 is 9.53 Å². The average Bonchev–Trinajstić information content (AvgIpc) is 2.44. The van der Waals surface area contributed by atoms with Crippen molar-refractivity contribution in [2.24, 2.45) is 11.7 Å². The average molecular weight is 278 g/mol. The first-order valence-electron chi connectivity index (χ1n) is 7.19. The summed E-state index contributed by atoms with van der Waals surface area (Å²) in [6.45, 7) is 8.39. The summed E-state index contributed by atoms with van der Waals surface area (Å²) in [6.07, 6.45) is 0.892. The predicted octanol–water partition coefficient (Wildman–Crippen LogP) is 2.25. The maximum atomic E-state index is 11.9. The lowest BCUT2D eigenvalue weighted by molar-refractivity contribution is -0.124. The summed E-state index contributed by atoms with van der Waals surface area (Å²) in [4.78, 5) is 11.9. The molecule has 0 radical (unpaired) electrons. The van der Waals surface area contributed by atoms with Crippen LogP contribution in [0.1, 0.15) is 32.8 Å². The van der Waals surface area contributed by atoms with Gasteiger partial charge >= 0.3 is 0 Å². The standard InChI is InChI=1S/C16H26N2O2/c1-5-12(3)15(17)16(19)18-13(4)10-20-14-8-6-11(2)7-9-14/h6-9,12-13,15H,5,10,17H2,1-4H3,(H,18,19)/t12-,13?,15-/m0/s1. The normalized spacial score (nSPS) is 15.2. The summed E-state index contributed by atoms with van der Waals surface area (Å²) in [5.74, 6) is 0.877. The van der Waals surface area contributed by atoms with Gasteiger partial charge in [0.2, 0.25) is 5.91 Å². The van der Waals surface area contributed by atoms with Crippen molar-refractivity contribution in [2.75, 3.05) is 6.61 Å². The number of aryl methyl sites for hydroxylation is 1. The molecular formula is C16H26N2O2. The van der Waals surface area contributed by atoms with Crippen molar-refractivity contribution in [3.63, 3.8) is 0 Å². The second kappa shape index (κ2) is 7.90. The van der Waals surface area contributed by atoms with Gasteiger partial charge in [0, 0.05) is 0 Å². The number of hydrogen-bond acceptors (Lipinski definition) is 3. The Hall–Kier alpha value is -1.55. The molecule has 1 rings (SSSR count). The second-order valence-electron chi connectivity index (χ2n) is 5.45. The molecule has 0 aromatic heterocycles. The van der Waals surface area contributed by atoms with Crippen LogP contribution < -0.4 is 15.8 Å². The van der Waals surface area contributed by atoms with Crippen molar-refractivity contribution >= 4 is 5.91 Å². The molecule has 0 saturated heterocycles. The first kappa shape index (κ1) is 16.5. The van der Waals surface area contributed by atoms with Gasteiger partial charge in [-0.15, -0.1) is 0 Å². The Morgan fingerprint density at radius 2 is 1.90 bits per heavy atom. The molecule has 1 amide bonds. The summed E-state index contributed by atoms with van der Waals surface area (Å²) in [5, 5.41) is 2.89. The van der Waals surface area contributed by atoms with Crippen LogP contribution in [0.15, 0.2) is 24.3 Å². The van der Waals surface area contributed by atoms with E-state index in [9.17, 15) is 4.79 Å². The zero-order chi connectivity index (χ0) is 15.1. The second-order valence-corrected chi connectivity index (χ2v) is 5.45. The molecule has 112 valence electrons. The monoisotopic (exact) mass is 278 g/mol. The number of ether oxygens (including phenoxy) is 1. The van der Waals surface area contributed by atoms with Crippen LogP contribution in [0.3, 0.4) is 0 Å². The Morgan fingerprint density at radius 1 is 1.30 bits per heavy atom. The van der Waals surface area contributed by atoms with E-state index >= 15 is 0 Å². The maximum absolute atomic E-state index is 11.9. The fourth-order valence-electron chi connectivity index (χ4n) is 1.75. The smallest absolute Gasteiger partial charge is 0.237 e. The molecule has 4 nitrogen and oxygen atoms in total. The third kappa shape index (κ3) is 5.21. The lowest BCUT2D eigenvalue weighted by Gasteiger charge is -2.21. The summed E-state index contributed by atoms with van der Waals surface area (Å²) >= 11 is 0. The molecule has 0 spiro atoms. The number of rotatable bonds is 7.